The van der Waals surface area contributed by atoms with Gasteiger partial charge < -0.3 is 54.7 Å². The molecule has 0 amide bonds. The van der Waals surface area contributed by atoms with E-state index >= 15 is 0 Å². The third-order valence-electron chi connectivity index (χ3n) is 6.22. The van der Waals surface area contributed by atoms with Crippen LogP contribution < -0.4 is 0 Å². The fraction of sp³-hybridized carbons (Fsp3) is 0.440. The van der Waals surface area contributed by atoms with Gasteiger partial charge in [0, 0.05) is 24.5 Å². The quantitative estimate of drug-likeness (QED) is 0.0876. The van der Waals surface area contributed by atoms with Gasteiger partial charge in [0.25, 0.3) is 0 Å². The highest BCUT2D eigenvalue weighted by molar-refractivity contribution is 5.87. The van der Waals surface area contributed by atoms with Crippen molar-refractivity contribution in [3.05, 3.63) is 54.3 Å². The Morgan fingerprint density at radius 2 is 1.82 bits per heavy atom. The summed E-state index contributed by atoms with van der Waals surface area (Å²) in [4.78, 5) is 24.2. The second-order valence-electron chi connectivity index (χ2n) is 8.64. The maximum Gasteiger partial charge on any atom is 0.334 e. The minimum atomic E-state index is -1.76. The predicted molar refractivity (Wildman–Crippen MR) is 127 cm³/mol. The number of aromatic hydroxyl groups is 2. The van der Waals surface area contributed by atoms with Crippen molar-refractivity contribution in [3.8, 4) is 11.5 Å². The number of phenols is 2. The Kier molecular flexibility index (Phi) is 9.85. The number of phenolic OH excluding ortho intramolecular Hbond substituents is 2. The lowest BCUT2D eigenvalue weighted by Gasteiger charge is -2.44. The molecule has 1 fully saturated rings. The van der Waals surface area contributed by atoms with E-state index in [2.05, 4.69) is 6.58 Å². The molecule has 0 saturated carbocycles. The topological polar surface area (TPSA) is 213 Å². The molecule has 0 bridgehead atoms. The van der Waals surface area contributed by atoms with Gasteiger partial charge in [0.1, 0.15) is 18.3 Å². The van der Waals surface area contributed by atoms with Crippen molar-refractivity contribution in [3.63, 3.8) is 0 Å². The molecule has 13 heteroatoms. The molecule has 13 nitrogen and oxygen atoms in total. The van der Waals surface area contributed by atoms with Gasteiger partial charge in [-0.1, -0.05) is 12.1 Å². The van der Waals surface area contributed by atoms with Gasteiger partial charge in [-0.3, -0.25) is 0 Å². The zero-order valence-electron chi connectivity index (χ0n) is 20.1. The first-order valence-corrected chi connectivity index (χ1v) is 11.6. The van der Waals surface area contributed by atoms with Crippen LogP contribution in [0.5, 0.6) is 11.5 Å². The van der Waals surface area contributed by atoms with Crippen molar-refractivity contribution in [1.29, 1.82) is 0 Å². The molecule has 0 radical (unpaired) electrons. The maximum atomic E-state index is 12.5. The molecular formula is C25H30O13. The molecule has 1 aromatic rings. The van der Waals surface area contributed by atoms with E-state index in [-0.39, 0.29) is 24.4 Å². The number of carbonyl (C=O) groups excluding carboxylic acids is 1. The number of carbonyl (C=O) groups is 2. The fourth-order valence-electron chi connectivity index (χ4n) is 4.21. The smallest absolute Gasteiger partial charge is 0.334 e. The van der Waals surface area contributed by atoms with E-state index in [4.69, 9.17) is 18.9 Å². The van der Waals surface area contributed by atoms with Crippen molar-refractivity contribution in [1.82, 2.24) is 0 Å². The molecule has 0 aromatic heterocycles. The summed E-state index contributed by atoms with van der Waals surface area (Å²) in [6.45, 7) is 2.63. The van der Waals surface area contributed by atoms with Crippen LogP contribution in [-0.2, 0) is 28.5 Å². The van der Waals surface area contributed by atoms with Crippen LogP contribution >= 0.6 is 0 Å². The van der Waals surface area contributed by atoms with Crippen LogP contribution in [0.25, 0.3) is 6.08 Å². The second kappa shape index (κ2) is 12.9. The summed E-state index contributed by atoms with van der Waals surface area (Å²) in [5, 5.41) is 68.4. The van der Waals surface area contributed by atoms with E-state index in [0.29, 0.717) is 5.56 Å². The van der Waals surface area contributed by atoms with Crippen LogP contribution in [0.1, 0.15) is 12.0 Å². The highest BCUT2D eigenvalue weighted by Gasteiger charge is 2.49. The molecule has 1 aromatic carbocycles. The Bertz CT molecular complexity index is 1070. The number of benzene rings is 1. The number of ether oxygens (including phenoxy) is 4. The first kappa shape index (κ1) is 29.1. The van der Waals surface area contributed by atoms with Crippen molar-refractivity contribution >= 4 is 18.0 Å². The molecule has 2 aliphatic heterocycles. The zero-order valence-corrected chi connectivity index (χ0v) is 20.1. The third-order valence-corrected chi connectivity index (χ3v) is 6.22. The van der Waals surface area contributed by atoms with Gasteiger partial charge >= 0.3 is 11.9 Å². The fourth-order valence-corrected chi connectivity index (χ4v) is 4.21. The van der Waals surface area contributed by atoms with Crippen LogP contribution in [0.15, 0.2) is 48.8 Å². The molecule has 7 N–H and O–H groups in total. The number of aliphatic carboxylic acids is 1. The van der Waals surface area contributed by atoms with Gasteiger partial charge in [-0.15, -0.1) is 6.58 Å². The van der Waals surface area contributed by atoms with E-state index in [1.165, 1.54) is 30.4 Å². The first-order valence-electron chi connectivity index (χ1n) is 11.6. The summed E-state index contributed by atoms with van der Waals surface area (Å²) < 4.78 is 22.1. The average Bonchev–Trinajstić information content (AvgIpc) is 2.89. The van der Waals surface area contributed by atoms with Gasteiger partial charge in [-0.05, 0) is 30.2 Å². The number of aliphatic hydroxyl groups excluding tert-OH is 4. The Balaban J connectivity index is 1.82. The number of carboxylic acid groups (broad SMARTS) is 1. The van der Waals surface area contributed by atoms with Gasteiger partial charge in [0.2, 0.25) is 12.6 Å². The Morgan fingerprint density at radius 3 is 2.42 bits per heavy atom. The summed E-state index contributed by atoms with van der Waals surface area (Å²) in [6, 6.07) is 3.82. The molecule has 0 spiro atoms. The van der Waals surface area contributed by atoms with Crippen LogP contribution in [0.2, 0.25) is 0 Å². The standard InChI is InChI=1S/C25H30O13/c1-2-13-14(7-8-26)15(23(33)34)11-35-24(13)38-25-22(21(32)20(31)18(10-27)36-25)37-19(30)6-4-12-3-5-16(28)17(29)9-12/h2-6,9,11,13-14,18,20-22,24-29,31-32H,1,7-8,10H2,(H,33,34)/b6-4+/t13-,14+,18-,20-,21+,22-,24+,25+/m1/s1. The lowest BCUT2D eigenvalue weighted by atomic mass is 9.82. The largest absolute Gasteiger partial charge is 0.504 e. The highest BCUT2D eigenvalue weighted by atomic mass is 16.8. The number of hydrogen-bond acceptors (Lipinski definition) is 12. The van der Waals surface area contributed by atoms with Gasteiger partial charge in [0.05, 0.1) is 18.4 Å². The van der Waals surface area contributed by atoms with E-state index < -0.39 is 73.1 Å². The van der Waals surface area contributed by atoms with Crippen LogP contribution in [0.4, 0.5) is 0 Å². The van der Waals surface area contributed by atoms with Crippen molar-refractivity contribution < 1.29 is 64.3 Å². The third kappa shape index (κ3) is 6.51. The number of aliphatic hydroxyl groups is 4. The first-order chi connectivity index (χ1) is 18.1. The van der Waals surface area contributed by atoms with Crippen LogP contribution in [-0.4, -0.2) is 97.9 Å². The Labute approximate surface area is 217 Å². The molecule has 2 aliphatic rings. The number of rotatable bonds is 10. The van der Waals surface area contributed by atoms with Crippen LogP contribution in [0.3, 0.4) is 0 Å². The lowest BCUT2D eigenvalue weighted by Crippen LogP contribution is -2.61. The maximum absolute atomic E-state index is 12.5. The van der Waals surface area contributed by atoms with Crippen molar-refractivity contribution in [2.75, 3.05) is 13.2 Å². The molecule has 1 saturated heterocycles. The Hall–Kier alpha value is -3.46. The van der Waals surface area contributed by atoms with Gasteiger partial charge in [0.15, 0.2) is 17.6 Å². The van der Waals surface area contributed by atoms with Gasteiger partial charge in [-0.25, -0.2) is 9.59 Å². The molecule has 3 rings (SSSR count). The summed E-state index contributed by atoms with van der Waals surface area (Å²) in [6.07, 6.45) is -4.59. The molecule has 8 atom stereocenters. The van der Waals surface area contributed by atoms with Crippen molar-refractivity contribution in [2.24, 2.45) is 11.8 Å². The summed E-state index contributed by atoms with van der Waals surface area (Å²) in [5.74, 6) is -4.59. The van der Waals surface area contributed by atoms with Gasteiger partial charge in [-0.2, -0.15) is 0 Å². The Morgan fingerprint density at radius 1 is 1.08 bits per heavy atom. The molecule has 2 heterocycles. The van der Waals surface area contributed by atoms with E-state index in [0.717, 1.165) is 12.3 Å². The summed E-state index contributed by atoms with van der Waals surface area (Å²) in [7, 11) is 0. The summed E-state index contributed by atoms with van der Waals surface area (Å²) >= 11 is 0. The minimum Gasteiger partial charge on any atom is -0.504 e. The van der Waals surface area contributed by atoms with E-state index in [9.17, 15) is 45.3 Å². The summed E-state index contributed by atoms with van der Waals surface area (Å²) in [5.41, 5.74) is 0.219. The van der Waals surface area contributed by atoms with Crippen LogP contribution in [0, 0.1) is 11.8 Å². The minimum absolute atomic E-state index is 0.0419. The highest BCUT2D eigenvalue weighted by Crippen LogP contribution is 2.37. The zero-order chi connectivity index (χ0) is 28.0. The van der Waals surface area contributed by atoms with E-state index in [1.54, 1.807) is 0 Å². The molecule has 208 valence electrons. The second-order valence-corrected chi connectivity index (χ2v) is 8.64. The molecule has 0 aliphatic carbocycles. The van der Waals surface area contributed by atoms with E-state index in [1.807, 2.05) is 0 Å². The number of esters is 1. The predicted octanol–water partition coefficient (Wildman–Crippen LogP) is -0.396. The molecule has 0 unspecified atom stereocenters. The molecule has 38 heavy (non-hydrogen) atoms. The lowest BCUT2D eigenvalue weighted by molar-refractivity contribution is -0.340. The number of hydrogen-bond donors (Lipinski definition) is 7. The monoisotopic (exact) mass is 538 g/mol. The average molecular weight is 539 g/mol. The molecular weight excluding hydrogens is 508 g/mol. The normalized spacial score (nSPS) is 31.3. The van der Waals surface area contributed by atoms with Crippen molar-refractivity contribution in [2.45, 2.75) is 43.4 Å². The number of carboxylic acids is 1. The SMILES string of the molecule is C=C[C@H]1[C@H](O[C@@H]2O[C@H](CO)[C@@H](O)[C@H](O)[C@H]2OC(=O)/C=C/c2ccc(O)c(O)c2)OC=C(C(=O)O)[C@H]1CCO.